The molecule has 0 aliphatic carbocycles. The molecule has 2 aromatic rings. The van der Waals surface area contributed by atoms with Crippen LogP contribution in [0, 0.1) is 5.92 Å². The second-order valence-corrected chi connectivity index (χ2v) is 4.85. The Morgan fingerprint density at radius 2 is 2.37 bits per heavy atom. The number of pyridine rings is 1. The molecule has 1 atom stereocenters. The summed E-state index contributed by atoms with van der Waals surface area (Å²) in [6.07, 6.45) is 8.84. The van der Waals surface area contributed by atoms with Crippen LogP contribution in [-0.4, -0.2) is 20.4 Å². The number of aromatic nitrogens is 3. The Hall–Kier alpha value is -2.17. The van der Waals surface area contributed by atoms with Gasteiger partial charge in [-0.1, -0.05) is 6.07 Å². The van der Waals surface area contributed by atoms with E-state index in [1.807, 2.05) is 24.7 Å². The molecule has 0 radical (unpaired) electrons. The first-order chi connectivity index (χ1) is 9.33. The van der Waals surface area contributed by atoms with Crippen LogP contribution in [0.25, 0.3) is 0 Å². The first-order valence-corrected chi connectivity index (χ1v) is 6.48. The first kappa shape index (κ1) is 11.9. The van der Waals surface area contributed by atoms with Gasteiger partial charge >= 0.3 is 0 Å². The van der Waals surface area contributed by atoms with Crippen LogP contribution in [0.4, 0.5) is 0 Å². The average molecular weight is 256 g/mol. The third-order valence-corrected chi connectivity index (χ3v) is 3.53. The maximum absolute atomic E-state index is 12.1. The molecule has 3 heterocycles. The second-order valence-electron chi connectivity index (χ2n) is 4.85. The Morgan fingerprint density at radius 3 is 3.21 bits per heavy atom. The van der Waals surface area contributed by atoms with Gasteiger partial charge < -0.3 is 9.88 Å². The van der Waals surface area contributed by atoms with Crippen LogP contribution in [0.15, 0.2) is 37.1 Å². The number of amides is 1. The molecule has 3 rings (SSSR count). The summed E-state index contributed by atoms with van der Waals surface area (Å²) in [5.74, 6) is 0.178. The van der Waals surface area contributed by atoms with Crippen molar-refractivity contribution in [2.75, 3.05) is 0 Å². The van der Waals surface area contributed by atoms with E-state index in [-0.39, 0.29) is 11.8 Å². The number of hydrogen-bond acceptors (Lipinski definition) is 3. The normalized spacial score (nSPS) is 17.8. The van der Waals surface area contributed by atoms with Crippen LogP contribution in [0.5, 0.6) is 0 Å². The largest absolute Gasteiger partial charge is 0.352 e. The van der Waals surface area contributed by atoms with Crippen molar-refractivity contribution in [3.63, 3.8) is 0 Å². The highest BCUT2D eigenvalue weighted by atomic mass is 16.1. The fraction of sp³-hybridized carbons (Fsp3) is 0.357. The van der Waals surface area contributed by atoms with Crippen LogP contribution in [-0.2, 0) is 24.3 Å². The van der Waals surface area contributed by atoms with Gasteiger partial charge in [-0.05, 0) is 18.1 Å². The van der Waals surface area contributed by atoms with Crippen molar-refractivity contribution >= 4 is 5.91 Å². The van der Waals surface area contributed by atoms with Gasteiger partial charge in [-0.15, -0.1) is 0 Å². The Bertz CT molecular complexity index is 564. The van der Waals surface area contributed by atoms with Gasteiger partial charge in [-0.25, -0.2) is 4.98 Å². The molecule has 1 amide bonds. The Balaban J connectivity index is 1.57. The Labute approximate surface area is 111 Å². The molecule has 2 aromatic heterocycles. The SMILES string of the molecule is O=C(NCc1cccnc1)C1CCn2cncc2C1. The highest BCUT2D eigenvalue weighted by Gasteiger charge is 2.24. The molecule has 5 heteroatoms. The van der Waals surface area contributed by atoms with Crippen molar-refractivity contribution < 1.29 is 4.79 Å². The predicted octanol–water partition coefficient (Wildman–Crippen LogP) is 1.16. The summed E-state index contributed by atoms with van der Waals surface area (Å²) in [5, 5.41) is 2.98. The highest BCUT2D eigenvalue weighted by Crippen LogP contribution is 2.19. The van der Waals surface area contributed by atoms with Gasteiger partial charge in [-0.2, -0.15) is 0 Å². The van der Waals surface area contributed by atoms with E-state index in [1.165, 1.54) is 0 Å². The number of carbonyl (C=O) groups excluding carboxylic acids is 1. The molecule has 0 bridgehead atoms. The maximum atomic E-state index is 12.1. The topological polar surface area (TPSA) is 59.8 Å². The smallest absolute Gasteiger partial charge is 0.223 e. The number of rotatable bonds is 3. The van der Waals surface area contributed by atoms with Crippen LogP contribution in [0.3, 0.4) is 0 Å². The van der Waals surface area contributed by atoms with E-state index < -0.39 is 0 Å². The van der Waals surface area contributed by atoms with Gasteiger partial charge in [-0.3, -0.25) is 9.78 Å². The number of nitrogens with zero attached hydrogens (tertiary/aromatic N) is 3. The number of fused-ring (bicyclic) bond motifs is 1. The molecule has 98 valence electrons. The summed E-state index contributed by atoms with van der Waals surface area (Å²) in [6.45, 7) is 1.42. The molecular formula is C14H16N4O. The van der Waals surface area contributed by atoms with Crippen molar-refractivity contribution in [3.05, 3.63) is 48.3 Å². The molecule has 0 saturated carbocycles. The monoisotopic (exact) mass is 256 g/mol. The molecule has 19 heavy (non-hydrogen) atoms. The fourth-order valence-corrected chi connectivity index (χ4v) is 2.43. The third kappa shape index (κ3) is 2.65. The van der Waals surface area contributed by atoms with E-state index in [0.29, 0.717) is 6.54 Å². The van der Waals surface area contributed by atoms with Crippen LogP contribution >= 0.6 is 0 Å². The highest BCUT2D eigenvalue weighted by molar-refractivity contribution is 5.79. The lowest BCUT2D eigenvalue weighted by atomic mass is 9.95. The first-order valence-electron chi connectivity index (χ1n) is 6.48. The number of imidazole rings is 1. The van der Waals surface area contributed by atoms with Crippen molar-refractivity contribution in [2.24, 2.45) is 5.92 Å². The van der Waals surface area contributed by atoms with Gasteiger partial charge in [0.15, 0.2) is 0 Å². The number of hydrogen-bond donors (Lipinski definition) is 1. The van der Waals surface area contributed by atoms with Crippen molar-refractivity contribution in [2.45, 2.75) is 25.9 Å². The molecule has 1 aliphatic heterocycles. The standard InChI is InChI=1S/C14H16N4O/c19-14(17-8-11-2-1-4-15-7-11)12-3-5-18-10-16-9-13(18)6-12/h1-2,4,7,9-10,12H,3,5-6,8H2,(H,17,19). The van der Waals surface area contributed by atoms with E-state index in [1.54, 1.807) is 12.4 Å². The van der Waals surface area contributed by atoms with Crippen LogP contribution in [0.2, 0.25) is 0 Å². The summed E-state index contributed by atoms with van der Waals surface area (Å²) >= 11 is 0. The molecule has 5 nitrogen and oxygen atoms in total. The molecule has 1 N–H and O–H groups in total. The fourth-order valence-electron chi connectivity index (χ4n) is 2.43. The molecule has 1 aliphatic rings. The van der Waals surface area contributed by atoms with Gasteiger partial charge in [0.1, 0.15) is 0 Å². The van der Waals surface area contributed by atoms with E-state index >= 15 is 0 Å². The number of carbonyl (C=O) groups is 1. The molecule has 0 fully saturated rings. The zero-order valence-electron chi connectivity index (χ0n) is 10.6. The summed E-state index contributed by atoms with van der Waals surface area (Å²) in [4.78, 5) is 20.3. The summed E-state index contributed by atoms with van der Waals surface area (Å²) < 4.78 is 2.12. The molecule has 0 saturated heterocycles. The minimum atomic E-state index is 0.0564. The summed E-state index contributed by atoms with van der Waals surface area (Å²) in [5.41, 5.74) is 2.17. The van der Waals surface area contributed by atoms with E-state index in [2.05, 4.69) is 19.9 Å². The zero-order valence-corrected chi connectivity index (χ0v) is 10.6. The average Bonchev–Trinajstić information content (AvgIpc) is 2.93. The van der Waals surface area contributed by atoms with Gasteiger partial charge in [0.05, 0.1) is 6.33 Å². The molecule has 0 aromatic carbocycles. The van der Waals surface area contributed by atoms with Gasteiger partial charge in [0, 0.05) is 49.7 Å². The van der Waals surface area contributed by atoms with E-state index in [0.717, 1.165) is 30.6 Å². The minimum absolute atomic E-state index is 0.0564. The quantitative estimate of drug-likeness (QED) is 0.896. The lowest BCUT2D eigenvalue weighted by molar-refractivity contribution is -0.125. The zero-order chi connectivity index (χ0) is 13.1. The third-order valence-electron chi connectivity index (χ3n) is 3.53. The lowest BCUT2D eigenvalue weighted by Gasteiger charge is -2.22. The van der Waals surface area contributed by atoms with Gasteiger partial charge in [0.25, 0.3) is 0 Å². The van der Waals surface area contributed by atoms with Crippen LogP contribution < -0.4 is 5.32 Å². The van der Waals surface area contributed by atoms with Gasteiger partial charge in [0.2, 0.25) is 5.91 Å². The molecule has 1 unspecified atom stereocenters. The van der Waals surface area contributed by atoms with E-state index in [4.69, 9.17) is 0 Å². The molecular weight excluding hydrogens is 240 g/mol. The second kappa shape index (κ2) is 5.22. The minimum Gasteiger partial charge on any atom is -0.352 e. The Kier molecular flexibility index (Phi) is 3.27. The van der Waals surface area contributed by atoms with Crippen molar-refractivity contribution in [1.29, 1.82) is 0 Å². The predicted molar refractivity (Wildman–Crippen MR) is 70.1 cm³/mol. The number of nitrogens with one attached hydrogen (secondary N) is 1. The summed E-state index contributed by atoms with van der Waals surface area (Å²) in [7, 11) is 0. The number of aryl methyl sites for hydroxylation is 1. The van der Waals surface area contributed by atoms with Crippen molar-refractivity contribution in [1.82, 2.24) is 19.9 Å². The van der Waals surface area contributed by atoms with E-state index in [9.17, 15) is 4.79 Å². The summed E-state index contributed by atoms with van der Waals surface area (Å²) in [6, 6.07) is 3.84. The molecule has 0 spiro atoms. The van der Waals surface area contributed by atoms with Crippen molar-refractivity contribution in [3.8, 4) is 0 Å². The Morgan fingerprint density at radius 1 is 1.42 bits per heavy atom. The lowest BCUT2D eigenvalue weighted by Crippen LogP contribution is -2.34. The van der Waals surface area contributed by atoms with Crippen LogP contribution in [0.1, 0.15) is 17.7 Å². The maximum Gasteiger partial charge on any atom is 0.223 e.